The van der Waals surface area contributed by atoms with Crippen LogP contribution in [0, 0.1) is 0 Å². The zero-order valence-corrected chi connectivity index (χ0v) is 36.7. The lowest BCUT2D eigenvalue weighted by molar-refractivity contribution is 0.0180. The van der Waals surface area contributed by atoms with E-state index in [9.17, 15) is 19.8 Å². The maximum absolute atomic E-state index is 12.6. The maximum Gasteiger partial charge on any atom is 0.410 e. The van der Waals surface area contributed by atoms with Crippen molar-refractivity contribution in [3.8, 4) is 0 Å². The molecule has 50 heavy (non-hydrogen) atoms. The molecular formula is C38H74N2O8Si2. The van der Waals surface area contributed by atoms with Crippen LogP contribution in [0.2, 0.25) is 36.3 Å². The van der Waals surface area contributed by atoms with Crippen LogP contribution in [0.25, 0.3) is 0 Å². The Morgan fingerprint density at radius 3 is 1.42 bits per heavy atom. The van der Waals surface area contributed by atoms with E-state index in [0.29, 0.717) is 45.7 Å². The van der Waals surface area contributed by atoms with Gasteiger partial charge in [0.1, 0.15) is 11.2 Å². The third kappa shape index (κ3) is 20.2. The second-order valence-electron chi connectivity index (χ2n) is 18.3. The fourth-order valence-electron chi connectivity index (χ4n) is 3.65. The number of amides is 2. The summed E-state index contributed by atoms with van der Waals surface area (Å²) in [6.45, 7) is 34.7. The number of hydrogen-bond acceptors (Lipinski definition) is 8. The summed E-state index contributed by atoms with van der Waals surface area (Å²) in [5.74, 6) is 0. The molecule has 0 fully saturated rings. The Bertz CT molecular complexity index is 1140. The molecule has 2 unspecified atom stereocenters. The summed E-state index contributed by atoms with van der Waals surface area (Å²) in [7, 11) is -2.07. The lowest BCUT2D eigenvalue weighted by Gasteiger charge is -2.37. The first-order valence-corrected chi connectivity index (χ1v) is 23.8. The number of ether oxygens (including phenoxy) is 2. The summed E-state index contributed by atoms with van der Waals surface area (Å²) in [6, 6.07) is 9.81. The molecule has 0 aliphatic carbocycles. The van der Waals surface area contributed by atoms with E-state index in [2.05, 4.69) is 67.7 Å². The molecule has 0 saturated heterocycles. The number of aliphatic hydroxyl groups excluding tert-OH is 2. The van der Waals surface area contributed by atoms with Crippen molar-refractivity contribution in [1.82, 2.24) is 9.80 Å². The first kappa shape index (κ1) is 48.0. The van der Waals surface area contributed by atoms with Crippen LogP contribution in [0.15, 0.2) is 30.3 Å². The van der Waals surface area contributed by atoms with E-state index in [1.54, 1.807) is 11.9 Å². The fourth-order valence-corrected chi connectivity index (χ4v) is 5.74. The molecule has 0 aromatic heterocycles. The van der Waals surface area contributed by atoms with Crippen molar-refractivity contribution in [2.45, 2.75) is 162 Å². The van der Waals surface area contributed by atoms with E-state index in [-0.39, 0.29) is 22.3 Å². The van der Waals surface area contributed by atoms with Crippen LogP contribution < -0.4 is 0 Å². The van der Waals surface area contributed by atoms with E-state index in [4.69, 9.17) is 18.3 Å². The molecule has 12 heteroatoms. The predicted octanol–water partition coefficient (Wildman–Crippen LogP) is 8.82. The Kier molecular flexibility index (Phi) is 19.0. The third-order valence-electron chi connectivity index (χ3n) is 8.99. The van der Waals surface area contributed by atoms with Crippen molar-refractivity contribution in [1.29, 1.82) is 0 Å². The van der Waals surface area contributed by atoms with E-state index in [0.717, 1.165) is 5.56 Å². The summed E-state index contributed by atoms with van der Waals surface area (Å²) in [4.78, 5) is 27.6. The molecule has 0 spiro atoms. The fraction of sp³-hybridized carbons (Fsp3) is 0.789. The van der Waals surface area contributed by atoms with Crippen LogP contribution in [0.5, 0.6) is 0 Å². The van der Waals surface area contributed by atoms with Crippen molar-refractivity contribution < 1.29 is 38.1 Å². The van der Waals surface area contributed by atoms with Gasteiger partial charge in [0.05, 0.1) is 25.4 Å². The second-order valence-corrected chi connectivity index (χ2v) is 27.9. The lowest BCUT2D eigenvalue weighted by Crippen LogP contribution is -2.43. The Morgan fingerprint density at radius 1 is 0.660 bits per heavy atom. The summed E-state index contributed by atoms with van der Waals surface area (Å²) < 4.78 is 22.9. The van der Waals surface area contributed by atoms with Gasteiger partial charge in [-0.3, -0.25) is 0 Å². The molecule has 0 saturated carbocycles. The first-order chi connectivity index (χ1) is 22.4. The highest BCUT2D eigenvalue weighted by molar-refractivity contribution is 6.74. The monoisotopic (exact) mass is 742 g/mol. The van der Waals surface area contributed by atoms with Gasteiger partial charge in [-0.15, -0.1) is 0 Å². The molecule has 0 aliphatic rings. The van der Waals surface area contributed by atoms with E-state index < -0.39 is 40.0 Å². The standard InChI is InChI=1S/C22H39NO4Si.C16H35NO4Si/c1-21(2,3)27-20(25)23(16-18-12-10-9-11-13-18)15-14-19(24)17-26-28(7,8)22(4,5)6;1-15(2,3)21-14(19)17(7)11-10-13(18)12-20-22(8,9)16(4,5)6/h9-13,19,24H,14-17H2,1-8H3;13,18H,10-12H2,1-9H3. The van der Waals surface area contributed by atoms with Crippen molar-refractivity contribution >= 4 is 28.8 Å². The smallest absolute Gasteiger partial charge is 0.410 e. The van der Waals surface area contributed by atoms with Gasteiger partial charge in [0.2, 0.25) is 0 Å². The van der Waals surface area contributed by atoms with Crippen LogP contribution in [-0.4, -0.2) is 106 Å². The van der Waals surface area contributed by atoms with Crippen LogP contribution >= 0.6 is 0 Å². The molecular weight excluding hydrogens is 669 g/mol. The average Bonchev–Trinajstić information content (AvgIpc) is 2.93. The number of nitrogens with zero attached hydrogens (tertiary/aromatic N) is 2. The van der Waals surface area contributed by atoms with Crippen LogP contribution in [-0.2, 0) is 24.9 Å². The van der Waals surface area contributed by atoms with Gasteiger partial charge in [-0.25, -0.2) is 9.59 Å². The summed E-state index contributed by atoms with van der Waals surface area (Å²) in [6.07, 6.45) is -1.00. The quantitative estimate of drug-likeness (QED) is 0.182. The Morgan fingerprint density at radius 2 is 1.04 bits per heavy atom. The van der Waals surface area contributed by atoms with Gasteiger partial charge in [0, 0.05) is 26.7 Å². The highest BCUT2D eigenvalue weighted by Crippen LogP contribution is 2.37. The summed E-state index contributed by atoms with van der Waals surface area (Å²) >= 11 is 0. The molecule has 292 valence electrons. The minimum absolute atomic E-state index is 0.0998. The zero-order valence-electron chi connectivity index (χ0n) is 34.7. The molecule has 0 aliphatic heterocycles. The van der Waals surface area contributed by atoms with Gasteiger partial charge < -0.3 is 38.3 Å². The number of benzene rings is 1. The molecule has 1 aromatic carbocycles. The molecule has 0 bridgehead atoms. The van der Waals surface area contributed by atoms with Crippen molar-refractivity contribution in [3.63, 3.8) is 0 Å². The van der Waals surface area contributed by atoms with E-state index in [1.165, 1.54) is 4.90 Å². The van der Waals surface area contributed by atoms with Gasteiger partial charge in [0.15, 0.2) is 16.6 Å². The lowest BCUT2D eigenvalue weighted by atomic mass is 10.2. The molecule has 1 rings (SSSR count). The topological polar surface area (TPSA) is 118 Å². The maximum atomic E-state index is 12.6. The normalized spacial score (nSPS) is 14.2. The minimum atomic E-state index is -1.90. The number of aliphatic hydroxyl groups is 2. The van der Waals surface area contributed by atoms with Gasteiger partial charge in [-0.05, 0) is 96.2 Å². The number of hydrogen-bond donors (Lipinski definition) is 2. The Hall–Kier alpha value is -1.97. The molecule has 1 aromatic rings. The number of carbonyl (C=O) groups is 2. The van der Waals surface area contributed by atoms with Gasteiger partial charge in [0.25, 0.3) is 0 Å². The highest BCUT2D eigenvalue weighted by atomic mass is 28.4. The van der Waals surface area contributed by atoms with Gasteiger partial charge >= 0.3 is 12.2 Å². The first-order valence-electron chi connectivity index (χ1n) is 18.0. The predicted molar refractivity (Wildman–Crippen MR) is 209 cm³/mol. The average molecular weight is 743 g/mol. The van der Waals surface area contributed by atoms with Gasteiger partial charge in [-0.2, -0.15) is 0 Å². The molecule has 2 N–H and O–H groups in total. The summed E-state index contributed by atoms with van der Waals surface area (Å²) in [5, 5.41) is 20.7. The summed E-state index contributed by atoms with van der Waals surface area (Å²) in [5.41, 5.74) is -0.0359. The molecule has 2 amide bonds. The van der Waals surface area contributed by atoms with Gasteiger partial charge in [-0.1, -0.05) is 71.9 Å². The van der Waals surface area contributed by atoms with Crippen LogP contribution in [0.4, 0.5) is 9.59 Å². The minimum Gasteiger partial charge on any atom is -0.444 e. The molecule has 10 nitrogen and oxygen atoms in total. The molecule has 0 radical (unpaired) electrons. The number of carbonyl (C=O) groups excluding carboxylic acids is 2. The van der Waals surface area contributed by atoms with E-state index >= 15 is 0 Å². The third-order valence-corrected chi connectivity index (χ3v) is 18.0. The molecule has 0 heterocycles. The number of rotatable bonds is 14. The van der Waals surface area contributed by atoms with E-state index in [1.807, 2.05) is 71.9 Å². The van der Waals surface area contributed by atoms with Crippen molar-refractivity contribution in [2.75, 3.05) is 33.4 Å². The SMILES string of the molecule is CC(C)(C)OC(=O)N(CCC(O)CO[Si](C)(C)C(C)(C)C)Cc1ccccc1.CN(CCC(O)CO[Si](C)(C)C(C)(C)C)C(=O)OC(C)(C)C. The van der Waals surface area contributed by atoms with Crippen molar-refractivity contribution in [3.05, 3.63) is 35.9 Å². The second kappa shape index (κ2) is 19.8. The Balaban J connectivity index is 0.000000991. The van der Waals surface area contributed by atoms with Crippen LogP contribution in [0.1, 0.15) is 101 Å². The largest absolute Gasteiger partial charge is 0.444 e. The van der Waals surface area contributed by atoms with Crippen molar-refractivity contribution in [2.24, 2.45) is 0 Å². The van der Waals surface area contributed by atoms with Crippen LogP contribution in [0.3, 0.4) is 0 Å². The zero-order chi connectivity index (χ0) is 39.4. The molecule has 2 atom stereocenters. The highest BCUT2D eigenvalue weighted by Gasteiger charge is 2.38. The Labute approximate surface area is 307 Å².